The third-order valence-electron chi connectivity index (χ3n) is 11.6. The van der Waals surface area contributed by atoms with Crippen molar-refractivity contribution in [1.82, 2.24) is 19.1 Å². The maximum Gasteiger partial charge on any atom is 0.160 e. The predicted molar refractivity (Wildman–Crippen MR) is 240 cm³/mol. The average Bonchev–Trinajstić information content (AvgIpc) is 3.79. The Morgan fingerprint density at radius 1 is 0.614 bits per heavy atom. The molecule has 0 radical (unpaired) electrons. The first-order valence-electron chi connectivity index (χ1n) is 19.9. The first-order valence-corrected chi connectivity index (χ1v) is 19.9. The van der Waals surface area contributed by atoms with Crippen molar-refractivity contribution in [2.24, 2.45) is 5.92 Å². The van der Waals surface area contributed by atoms with Crippen molar-refractivity contribution in [2.45, 2.75) is 26.3 Å². The van der Waals surface area contributed by atoms with E-state index in [0.29, 0.717) is 5.82 Å². The summed E-state index contributed by atoms with van der Waals surface area (Å²) in [6.07, 6.45) is 12.3. The van der Waals surface area contributed by atoms with Crippen LogP contribution in [0.2, 0.25) is 0 Å². The topological polar surface area (TPSA) is 35.6 Å². The Kier molecular flexibility index (Phi) is 8.80. The Morgan fingerprint density at radius 3 is 1.74 bits per heavy atom. The van der Waals surface area contributed by atoms with Crippen molar-refractivity contribution in [3.8, 4) is 11.4 Å². The minimum absolute atomic E-state index is 0.0183. The van der Waals surface area contributed by atoms with Crippen LogP contribution in [0.3, 0.4) is 0 Å². The van der Waals surface area contributed by atoms with E-state index in [1.165, 1.54) is 54.7 Å². The van der Waals surface area contributed by atoms with E-state index >= 15 is 0 Å². The van der Waals surface area contributed by atoms with Crippen molar-refractivity contribution in [2.75, 3.05) is 0 Å². The van der Waals surface area contributed by atoms with E-state index in [4.69, 9.17) is 9.97 Å². The molecule has 4 heteroatoms. The van der Waals surface area contributed by atoms with Crippen LogP contribution in [0.25, 0.3) is 71.8 Å². The largest absolute Gasteiger partial charge is 0.333 e. The zero-order valence-electron chi connectivity index (χ0n) is 32.1. The first-order chi connectivity index (χ1) is 28.2. The van der Waals surface area contributed by atoms with Crippen molar-refractivity contribution in [3.63, 3.8) is 0 Å². The summed E-state index contributed by atoms with van der Waals surface area (Å²) in [5.74, 6) is 0.781. The van der Waals surface area contributed by atoms with Crippen LogP contribution in [0.15, 0.2) is 194 Å². The number of hydrogen-bond acceptors (Lipinski definition) is 2. The number of aromatic nitrogens is 4. The molecule has 0 N–H and O–H groups in total. The van der Waals surface area contributed by atoms with Gasteiger partial charge < -0.3 is 9.13 Å². The van der Waals surface area contributed by atoms with Gasteiger partial charge in [0.05, 0.1) is 28.5 Å². The summed E-state index contributed by atoms with van der Waals surface area (Å²) in [7, 11) is 0. The lowest BCUT2D eigenvalue weighted by Gasteiger charge is -2.32. The zero-order valence-corrected chi connectivity index (χ0v) is 32.1. The summed E-state index contributed by atoms with van der Waals surface area (Å²) >= 11 is 0. The van der Waals surface area contributed by atoms with E-state index in [0.717, 1.165) is 34.6 Å². The second kappa shape index (κ2) is 14.6. The molecule has 3 heterocycles. The van der Waals surface area contributed by atoms with E-state index in [2.05, 4.69) is 211 Å². The van der Waals surface area contributed by atoms with Gasteiger partial charge in [-0.1, -0.05) is 159 Å². The molecule has 2 atom stereocenters. The summed E-state index contributed by atoms with van der Waals surface area (Å²) in [5, 5.41) is 5.01. The van der Waals surface area contributed by atoms with E-state index in [9.17, 15) is 0 Å². The summed E-state index contributed by atoms with van der Waals surface area (Å²) in [6.45, 7) is 4.45. The lowest BCUT2D eigenvalue weighted by molar-refractivity contribution is 0.522. The lowest BCUT2D eigenvalue weighted by atomic mass is 9.84. The summed E-state index contributed by atoms with van der Waals surface area (Å²) < 4.78 is 5.00. The Labute approximate surface area is 333 Å². The van der Waals surface area contributed by atoms with Gasteiger partial charge in [0.2, 0.25) is 0 Å². The van der Waals surface area contributed by atoms with Crippen LogP contribution in [-0.4, -0.2) is 19.1 Å². The van der Waals surface area contributed by atoms with Crippen molar-refractivity contribution in [3.05, 3.63) is 211 Å². The van der Waals surface area contributed by atoms with Gasteiger partial charge in [-0.05, 0) is 72.5 Å². The molecule has 0 saturated heterocycles. The molecular weight excluding hydrogens is 693 g/mol. The second-order valence-corrected chi connectivity index (χ2v) is 14.9. The van der Waals surface area contributed by atoms with Crippen LogP contribution in [0.1, 0.15) is 36.8 Å². The summed E-state index contributed by atoms with van der Waals surface area (Å²) in [5.41, 5.74) is 12.3. The maximum atomic E-state index is 5.43. The molecule has 1 aliphatic carbocycles. The number of allylic oxidation sites excluding steroid dienone is 8. The third-order valence-corrected chi connectivity index (χ3v) is 11.6. The molecule has 0 spiro atoms. The molecule has 0 saturated carbocycles. The number of fused-ring (bicyclic) bond motifs is 6. The van der Waals surface area contributed by atoms with Crippen molar-refractivity contribution >= 4 is 60.5 Å². The van der Waals surface area contributed by atoms with Crippen LogP contribution >= 0.6 is 0 Å². The van der Waals surface area contributed by atoms with Gasteiger partial charge in [0.15, 0.2) is 5.82 Å². The fourth-order valence-corrected chi connectivity index (χ4v) is 8.79. The van der Waals surface area contributed by atoms with E-state index in [1.807, 2.05) is 6.07 Å². The molecule has 2 unspecified atom stereocenters. The van der Waals surface area contributed by atoms with E-state index in [-0.39, 0.29) is 12.0 Å². The van der Waals surface area contributed by atoms with Gasteiger partial charge in [0.25, 0.3) is 0 Å². The van der Waals surface area contributed by atoms with Crippen molar-refractivity contribution < 1.29 is 0 Å². The fourth-order valence-electron chi connectivity index (χ4n) is 8.79. The SMILES string of the molecule is C/C=C(\C=C/Cc1ccccc1)c1cc(C2=CC(n3c4ccccc4c4ccccc43)=CC(n3c4ccccc4c4ccccc43)C2C)nc(-c2ccccc2)n1. The average molecular weight is 735 g/mol. The summed E-state index contributed by atoms with van der Waals surface area (Å²) in [4.78, 5) is 10.7. The van der Waals surface area contributed by atoms with Gasteiger partial charge in [-0.25, -0.2) is 9.97 Å². The predicted octanol–water partition coefficient (Wildman–Crippen LogP) is 13.4. The smallest absolute Gasteiger partial charge is 0.160 e. The second-order valence-electron chi connectivity index (χ2n) is 14.9. The molecule has 0 amide bonds. The minimum Gasteiger partial charge on any atom is -0.333 e. The van der Waals surface area contributed by atoms with Gasteiger partial charge in [-0.3, -0.25) is 0 Å². The van der Waals surface area contributed by atoms with Crippen LogP contribution in [0.5, 0.6) is 0 Å². The molecule has 0 fully saturated rings. The molecular formula is C53H42N4. The fraction of sp³-hybridized carbons (Fsp3) is 0.0943. The molecule has 6 aromatic carbocycles. The lowest BCUT2D eigenvalue weighted by Crippen LogP contribution is -2.21. The highest BCUT2D eigenvalue weighted by atomic mass is 15.0. The molecule has 4 nitrogen and oxygen atoms in total. The quantitative estimate of drug-likeness (QED) is 0.146. The van der Waals surface area contributed by atoms with Crippen LogP contribution in [0.4, 0.5) is 0 Å². The number of rotatable bonds is 8. The van der Waals surface area contributed by atoms with Crippen LogP contribution in [-0.2, 0) is 6.42 Å². The standard InChI is InChI=1S/C53H42N4/c1-3-38(24-18-21-37-19-6-4-7-20-37)46-35-47(55-53(54-46)39-22-8-5-9-23-39)45-33-40(56-48-29-14-10-25-41(48)42-26-11-15-30-49(42)56)34-52(36(45)2)57-50-31-16-12-27-43(50)44-28-13-17-32-51(44)57/h3-20,22-36,52H,21H2,1-2H3/b24-18-,38-3+. The van der Waals surface area contributed by atoms with Gasteiger partial charge in [0.1, 0.15) is 0 Å². The van der Waals surface area contributed by atoms with Crippen molar-refractivity contribution in [1.29, 1.82) is 0 Å². The Balaban J connectivity index is 1.21. The van der Waals surface area contributed by atoms with Gasteiger partial charge >= 0.3 is 0 Å². The number of para-hydroxylation sites is 4. The van der Waals surface area contributed by atoms with E-state index < -0.39 is 0 Å². The van der Waals surface area contributed by atoms with Gasteiger partial charge in [0, 0.05) is 49.8 Å². The van der Waals surface area contributed by atoms with E-state index in [1.54, 1.807) is 0 Å². The first kappa shape index (κ1) is 34.5. The molecule has 0 bridgehead atoms. The molecule has 0 aliphatic heterocycles. The third kappa shape index (κ3) is 6.11. The monoisotopic (exact) mass is 734 g/mol. The highest BCUT2D eigenvalue weighted by molar-refractivity contribution is 6.11. The highest BCUT2D eigenvalue weighted by Gasteiger charge is 2.31. The molecule has 274 valence electrons. The normalized spacial score (nSPS) is 16.2. The van der Waals surface area contributed by atoms with Crippen LogP contribution in [0, 0.1) is 5.92 Å². The molecule has 9 aromatic rings. The Hall–Kier alpha value is -7.04. The Bertz CT molecular complexity index is 2960. The summed E-state index contributed by atoms with van der Waals surface area (Å²) in [6, 6.07) is 58.3. The number of nitrogens with zero attached hydrogens (tertiary/aromatic N) is 4. The van der Waals surface area contributed by atoms with Gasteiger partial charge in [-0.15, -0.1) is 0 Å². The molecule has 3 aromatic heterocycles. The number of hydrogen-bond donors (Lipinski definition) is 0. The molecule has 57 heavy (non-hydrogen) atoms. The molecule has 1 aliphatic rings. The zero-order chi connectivity index (χ0) is 38.3. The highest BCUT2D eigenvalue weighted by Crippen LogP contribution is 2.45. The Morgan fingerprint density at radius 2 is 1.14 bits per heavy atom. The minimum atomic E-state index is -0.0183. The maximum absolute atomic E-state index is 5.43. The van der Waals surface area contributed by atoms with Gasteiger partial charge in [-0.2, -0.15) is 0 Å². The van der Waals surface area contributed by atoms with Crippen LogP contribution < -0.4 is 0 Å². The number of benzene rings is 6. The molecule has 10 rings (SSSR count).